The highest BCUT2D eigenvalue weighted by atomic mass is 16.5. The zero-order valence-corrected chi connectivity index (χ0v) is 13.3. The number of aromatic nitrogens is 1. The normalized spacial score (nSPS) is 16.8. The van der Waals surface area contributed by atoms with Gasteiger partial charge in [-0.1, -0.05) is 0 Å². The molecule has 5 heteroatoms. The molecule has 1 fully saturated rings. The highest BCUT2D eigenvalue weighted by molar-refractivity contribution is 5.79. The SMILES string of the molecule is CCNC(=NCC1(CCOC)CC1)NCCn1cccc1. The van der Waals surface area contributed by atoms with E-state index in [-0.39, 0.29) is 0 Å². The Labute approximate surface area is 127 Å². The van der Waals surface area contributed by atoms with Crippen LogP contribution in [0.4, 0.5) is 0 Å². The first-order valence-electron chi connectivity index (χ1n) is 7.90. The van der Waals surface area contributed by atoms with Crippen molar-refractivity contribution in [1.82, 2.24) is 15.2 Å². The van der Waals surface area contributed by atoms with E-state index in [1.54, 1.807) is 7.11 Å². The molecule has 1 aromatic heterocycles. The van der Waals surface area contributed by atoms with E-state index in [9.17, 15) is 0 Å². The van der Waals surface area contributed by atoms with Crippen LogP contribution >= 0.6 is 0 Å². The van der Waals surface area contributed by atoms with Crippen molar-refractivity contribution in [3.8, 4) is 0 Å². The van der Waals surface area contributed by atoms with E-state index in [1.807, 2.05) is 12.1 Å². The monoisotopic (exact) mass is 292 g/mol. The Balaban J connectivity index is 1.76. The molecule has 1 saturated carbocycles. The first-order chi connectivity index (χ1) is 10.3. The summed E-state index contributed by atoms with van der Waals surface area (Å²) in [7, 11) is 1.77. The van der Waals surface area contributed by atoms with Gasteiger partial charge in [-0.05, 0) is 43.7 Å². The van der Waals surface area contributed by atoms with Crippen LogP contribution in [0.3, 0.4) is 0 Å². The van der Waals surface area contributed by atoms with Gasteiger partial charge in [0.1, 0.15) is 0 Å². The minimum atomic E-state index is 0.402. The molecular formula is C16H28N4O. The third-order valence-electron chi connectivity index (χ3n) is 4.04. The lowest BCUT2D eigenvalue weighted by Gasteiger charge is -2.15. The third kappa shape index (κ3) is 5.42. The fraction of sp³-hybridized carbons (Fsp3) is 0.688. The molecule has 118 valence electrons. The van der Waals surface area contributed by atoms with E-state index in [0.29, 0.717) is 5.41 Å². The Morgan fingerprint density at radius 1 is 1.29 bits per heavy atom. The topological polar surface area (TPSA) is 50.6 Å². The number of aliphatic imine (C=N–C) groups is 1. The molecule has 1 aliphatic rings. The van der Waals surface area contributed by atoms with Crippen molar-refractivity contribution in [2.75, 3.05) is 33.4 Å². The molecule has 1 heterocycles. The fourth-order valence-electron chi connectivity index (χ4n) is 2.39. The first kappa shape index (κ1) is 15.9. The summed E-state index contributed by atoms with van der Waals surface area (Å²) < 4.78 is 7.36. The molecule has 21 heavy (non-hydrogen) atoms. The Bertz CT molecular complexity index is 423. The molecule has 0 atom stereocenters. The van der Waals surface area contributed by atoms with Gasteiger partial charge in [0.25, 0.3) is 0 Å². The molecule has 0 aromatic carbocycles. The van der Waals surface area contributed by atoms with Crippen molar-refractivity contribution in [3.63, 3.8) is 0 Å². The Kier molecular flexibility index (Phi) is 6.11. The summed E-state index contributed by atoms with van der Waals surface area (Å²) in [6.45, 7) is 6.56. The molecule has 2 N–H and O–H groups in total. The van der Waals surface area contributed by atoms with E-state index < -0.39 is 0 Å². The number of hydrogen-bond donors (Lipinski definition) is 2. The molecule has 0 amide bonds. The lowest BCUT2D eigenvalue weighted by atomic mass is 10.0. The molecule has 0 bridgehead atoms. The number of guanidine groups is 1. The van der Waals surface area contributed by atoms with Gasteiger partial charge in [0.05, 0.1) is 0 Å². The summed E-state index contributed by atoms with van der Waals surface area (Å²) in [5, 5.41) is 6.72. The molecule has 0 unspecified atom stereocenters. The molecule has 1 aliphatic carbocycles. The second-order valence-corrected chi connectivity index (χ2v) is 5.79. The summed E-state index contributed by atoms with van der Waals surface area (Å²) >= 11 is 0. The zero-order valence-electron chi connectivity index (χ0n) is 13.3. The predicted octanol–water partition coefficient (Wildman–Crippen LogP) is 1.86. The molecule has 0 spiro atoms. The standard InChI is InChI=1S/C16H28N4O/c1-3-17-15(18-9-12-20-10-4-5-11-20)19-14-16(6-7-16)8-13-21-2/h4-5,10-11H,3,6-9,12-14H2,1-2H3,(H2,17,18,19). The van der Waals surface area contributed by atoms with Gasteiger partial charge in [-0.3, -0.25) is 4.99 Å². The lowest BCUT2D eigenvalue weighted by molar-refractivity contribution is 0.174. The van der Waals surface area contributed by atoms with Crippen molar-refractivity contribution in [2.24, 2.45) is 10.4 Å². The van der Waals surface area contributed by atoms with Gasteiger partial charge >= 0.3 is 0 Å². The largest absolute Gasteiger partial charge is 0.385 e. The summed E-state index contributed by atoms with van der Waals surface area (Å²) in [5.74, 6) is 0.924. The quantitative estimate of drug-likeness (QED) is 0.539. The smallest absolute Gasteiger partial charge is 0.191 e. The van der Waals surface area contributed by atoms with Gasteiger partial charge in [-0.15, -0.1) is 0 Å². The Hall–Kier alpha value is -1.49. The number of ether oxygens (including phenoxy) is 1. The summed E-state index contributed by atoms with van der Waals surface area (Å²) in [6, 6.07) is 4.10. The van der Waals surface area contributed by atoms with Crippen LogP contribution in [0.5, 0.6) is 0 Å². The molecular weight excluding hydrogens is 264 g/mol. The summed E-state index contributed by atoms with van der Waals surface area (Å²) in [4.78, 5) is 4.75. The molecule has 0 saturated heterocycles. The minimum absolute atomic E-state index is 0.402. The average Bonchev–Trinajstić information content (AvgIpc) is 3.07. The second-order valence-electron chi connectivity index (χ2n) is 5.79. The highest BCUT2D eigenvalue weighted by Gasteiger charge is 2.41. The number of hydrogen-bond acceptors (Lipinski definition) is 2. The van der Waals surface area contributed by atoms with E-state index in [4.69, 9.17) is 9.73 Å². The molecule has 0 aliphatic heterocycles. The highest BCUT2D eigenvalue weighted by Crippen LogP contribution is 2.48. The Morgan fingerprint density at radius 3 is 2.67 bits per heavy atom. The maximum Gasteiger partial charge on any atom is 0.191 e. The maximum absolute atomic E-state index is 5.20. The van der Waals surface area contributed by atoms with Crippen molar-refractivity contribution in [3.05, 3.63) is 24.5 Å². The van der Waals surface area contributed by atoms with Crippen LogP contribution in [0.1, 0.15) is 26.2 Å². The van der Waals surface area contributed by atoms with Crippen LogP contribution in [-0.2, 0) is 11.3 Å². The van der Waals surface area contributed by atoms with Gasteiger partial charge in [-0.2, -0.15) is 0 Å². The van der Waals surface area contributed by atoms with Crippen LogP contribution < -0.4 is 10.6 Å². The zero-order chi connectivity index (χ0) is 15.0. The van der Waals surface area contributed by atoms with Crippen molar-refractivity contribution >= 4 is 5.96 Å². The molecule has 2 rings (SSSR count). The number of rotatable bonds is 9. The van der Waals surface area contributed by atoms with E-state index in [0.717, 1.165) is 45.2 Å². The molecule has 1 aromatic rings. The molecule has 5 nitrogen and oxygen atoms in total. The van der Waals surface area contributed by atoms with Gasteiger partial charge in [0, 0.05) is 52.3 Å². The lowest BCUT2D eigenvalue weighted by Crippen LogP contribution is -2.39. The van der Waals surface area contributed by atoms with Crippen LogP contribution in [0, 0.1) is 5.41 Å². The van der Waals surface area contributed by atoms with Crippen LogP contribution in [-0.4, -0.2) is 43.9 Å². The summed E-state index contributed by atoms with van der Waals surface area (Å²) in [5.41, 5.74) is 0.402. The van der Waals surface area contributed by atoms with Crippen LogP contribution in [0.25, 0.3) is 0 Å². The van der Waals surface area contributed by atoms with Gasteiger partial charge in [0.15, 0.2) is 5.96 Å². The number of nitrogens with one attached hydrogen (secondary N) is 2. The van der Waals surface area contributed by atoms with E-state index >= 15 is 0 Å². The maximum atomic E-state index is 5.20. The average molecular weight is 292 g/mol. The summed E-state index contributed by atoms with van der Waals surface area (Å²) in [6.07, 6.45) is 7.84. The molecule has 0 radical (unpaired) electrons. The van der Waals surface area contributed by atoms with Crippen molar-refractivity contribution in [2.45, 2.75) is 32.7 Å². The minimum Gasteiger partial charge on any atom is -0.385 e. The van der Waals surface area contributed by atoms with Crippen molar-refractivity contribution < 1.29 is 4.74 Å². The van der Waals surface area contributed by atoms with Crippen molar-refractivity contribution in [1.29, 1.82) is 0 Å². The first-order valence-corrected chi connectivity index (χ1v) is 7.90. The number of methoxy groups -OCH3 is 1. The third-order valence-corrected chi connectivity index (χ3v) is 4.04. The van der Waals surface area contributed by atoms with E-state index in [2.05, 4.69) is 34.5 Å². The Morgan fingerprint density at radius 2 is 2.05 bits per heavy atom. The van der Waals surface area contributed by atoms with Gasteiger partial charge in [0.2, 0.25) is 0 Å². The number of nitrogens with zero attached hydrogens (tertiary/aromatic N) is 2. The fourth-order valence-corrected chi connectivity index (χ4v) is 2.39. The van der Waals surface area contributed by atoms with Gasteiger partial charge in [-0.25, -0.2) is 0 Å². The van der Waals surface area contributed by atoms with E-state index in [1.165, 1.54) is 12.8 Å². The van der Waals surface area contributed by atoms with Gasteiger partial charge < -0.3 is 19.9 Å². The predicted molar refractivity (Wildman–Crippen MR) is 86.6 cm³/mol. The van der Waals surface area contributed by atoms with Crippen LogP contribution in [0.15, 0.2) is 29.5 Å². The second kappa shape index (κ2) is 8.08. The van der Waals surface area contributed by atoms with Crippen LogP contribution in [0.2, 0.25) is 0 Å².